The molecule has 0 bridgehead atoms. The molecule has 1 atom stereocenters. The zero-order valence-electron chi connectivity index (χ0n) is 19.1. The maximum absolute atomic E-state index is 14.6. The molecular formula is C23H20F4N6O2S. The van der Waals surface area contributed by atoms with E-state index in [1.165, 1.54) is 16.0 Å². The van der Waals surface area contributed by atoms with Gasteiger partial charge in [0.25, 0.3) is 5.91 Å². The summed E-state index contributed by atoms with van der Waals surface area (Å²) in [5.74, 6) is -1.72. The third-order valence-corrected chi connectivity index (χ3v) is 6.67. The first-order valence-electron chi connectivity index (χ1n) is 10.9. The fraction of sp³-hybridized carbons (Fsp3) is 0.348. The Bertz CT molecular complexity index is 1430. The van der Waals surface area contributed by atoms with Gasteiger partial charge in [-0.25, -0.2) is 19.3 Å². The maximum atomic E-state index is 14.6. The Morgan fingerprint density at radius 1 is 1.22 bits per heavy atom. The van der Waals surface area contributed by atoms with Crippen molar-refractivity contribution in [2.45, 2.75) is 38.3 Å². The number of fused-ring (bicyclic) bond motifs is 1. The van der Waals surface area contributed by atoms with Crippen molar-refractivity contribution >= 4 is 28.1 Å². The smallest absolute Gasteiger partial charge is 0.374 e. The number of rotatable bonds is 6. The largest absolute Gasteiger partial charge is 0.451 e. The number of ether oxygens (including phenoxy) is 1. The number of benzene rings is 1. The van der Waals surface area contributed by atoms with E-state index >= 15 is 0 Å². The summed E-state index contributed by atoms with van der Waals surface area (Å²) in [6.45, 7) is 3.55. The Labute approximate surface area is 206 Å². The van der Waals surface area contributed by atoms with Crippen LogP contribution in [0.15, 0.2) is 36.9 Å². The summed E-state index contributed by atoms with van der Waals surface area (Å²) in [6, 6.07) is 2.60. The molecule has 1 unspecified atom stereocenters. The lowest BCUT2D eigenvalue weighted by molar-refractivity contribution is -0.145. The van der Waals surface area contributed by atoms with Crippen molar-refractivity contribution in [1.29, 1.82) is 0 Å². The molecular weight excluding hydrogens is 500 g/mol. The molecule has 0 aliphatic carbocycles. The lowest BCUT2D eigenvalue weighted by Crippen LogP contribution is -2.48. The predicted molar refractivity (Wildman–Crippen MR) is 123 cm³/mol. The van der Waals surface area contributed by atoms with Crippen LogP contribution in [0.1, 0.15) is 39.6 Å². The number of halogens is 4. The van der Waals surface area contributed by atoms with Crippen molar-refractivity contribution in [3.05, 3.63) is 58.7 Å². The van der Waals surface area contributed by atoms with Gasteiger partial charge in [-0.1, -0.05) is 0 Å². The van der Waals surface area contributed by atoms with E-state index in [2.05, 4.69) is 25.4 Å². The average molecular weight is 521 g/mol. The second kappa shape index (κ2) is 8.89. The highest BCUT2D eigenvalue weighted by molar-refractivity contribution is 7.15. The second-order valence-electron chi connectivity index (χ2n) is 8.74. The van der Waals surface area contributed by atoms with E-state index in [0.29, 0.717) is 27.0 Å². The van der Waals surface area contributed by atoms with Gasteiger partial charge >= 0.3 is 6.18 Å². The first-order valence-corrected chi connectivity index (χ1v) is 11.7. The second-order valence-corrected chi connectivity index (χ2v) is 9.97. The fourth-order valence-corrected chi connectivity index (χ4v) is 4.61. The van der Waals surface area contributed by atoms with Gasteiger partial charge in [-0.2, -0.15) is 18.3 Å². The minimum Gasteiger partial charge on any atom is -0.374 e. The molecule has 5 rings (SSSR count). The summed E-state index contributed by atoms with van der Waals surface area (Å²) in [5.41, 5.74) is 0.259. The van der Waals surface area contributed by atoms with Crippen molar-refractivity contribution in [2.24, 2.45) is 0 Å². The molecule has 4 aromatic rings. The van der Waals surface area contributed by atoms with Crippen LogP contribution in [-0.2, 0) is 17.5 Å². The molecule has 188 valence electrons. The van der Waals surface area contributed by atoms with Crippen LogP contribution < -0.4 is 5.32 Å². The lowest BCUT2D eigenvalue weighted by Gasteiger charge is -2.33. The highest BCUT2D eigenvalue weighted by Crippen LogP contribution is 2.34. The van der Waals surface area contributed by atoms with Crippen LogP contribution in [0.5, 0.6) is 0 Å². The van der Waals surface area contributed by atoms with Crippen molar-refractivity contribution in [3.8, 4) is 10.6 Å². The summed E-state index contributed by atoms with van der Waals surface area (Å²) in [7, 11) is 0. The highest BCUT2D eigenvalue weighted by Gasteiger charge is 2.39. The molecule has 3 aromatic heterocycles. The molecule has 36 heavy (non-hydrogen) atoms. The Morgan fingerprint density at radius 2 is 1.94 bits per heavy atom. The number of hydrogen-bond donors (Lipinski definition) is 1. The maximum Gasteiger partial charge on any atom is 0.451 e. The molecule has 0 saturated carbocycles. The van der Waals surface area contributed by atoms with Crippen LogP contribution in [0.3, 0.4) is 0 Å². The Kier molecular flexibility index (Phi) is 5.99. The number of hydrogen-bond acceptors (Lipinski definition) is 7. The summed E-state index contributed by atoms with van der Waals surface area (Å²) >= 11 is 1.45. The molecule has 0 spiro atoms. The first-order chi connectivity index (χ1) is 17.0. The van der Waals surface area contributed by atoms with Crippen LogP contribution in [0.2, 0.25) is 0 Å². The molecule has 1 aliphatic heterocycles. The summed E-state index contributed by atoms with van der Waals surface area (Å²) in [6.07, 6.45) is 0.865. The molecule has 1 fully saturated rings. The number of aromatic nitrogens is 5. The molecule has 13 heteroatoms. The number of thiazole rings is 1. The topological polar surface area (TPSA) is 94.8 Å². The molecule has 1 N–H and O–H groups in total. The SMILES string of the molecule is Cc1cnc(-c2cc(C(=O)NC(C)c3cnc(C(F)(F)F)nc3)cc3nn(CC4(F)COC4)cc23)s1. The minimum atomic E-state index is -4.65. The van der Waals surface area contributed by atoms with Crippen LogP contribution >= 0.6 is 11.3 Å². The molecule has 1 amide bonds. The third kappa shape index (κ3) is 4.80. The number of nitrogens with one attached hydrogen (secondary N) is 1. The van der Waals surface area contributed by atoms with E-state index in [-0.39, 0.29) is 25.3 Å². The van der Waals surface area contributed by atoms with Gasteiger partial charge in [-0.15, -0.1) is 11.3 Å². The van der Waals surface area contributed by atoms with E-state index in [9.17, 15) is 22.4 Å². The number of carbonyl (C=O) groups excluding carboxylic acids is 1. The molecule has 1 aromatic carbocycles. The normalized spacial score (nSPS) is 16.1. The number of carbonyl (C=O) groups is 1. The standard InChI is InChI=1S/C23H20F4N6O2S/c1-12-5-28-20(36-12)16-3-14(4-18-17(16)8-33(32-18)9-22(24)10-35-11-22)19(34)31-13(2)15-6-29-21(30-7-15)23(25,26)27/h3-8,13H,9-11H2,1-2H3,(H,31,34). The van der Waals surface area contributed by atoms with Crippen LogP contribution in [0, 0.1) is 6.92 Å². The number of alkyl halides is 4. The Balaban J connectivity index is 1.45. The number of amides is 1. The van der Waals surface area contributed by atoms with Crippen molar-refractivity contribution in [2.75, 3.05) is 13.2 Å². The van der Waals surface area contributed by atoms with E-state index in [4.69, 9.17) is 4.74 Å². The minimum absolute atomic E-state index is 0.000938. The lowest BCUT2D eigenvalue weighted by atomic mass is 10.0. The van der Waals surface area contributed by atoms with Crippen LogP contribution in [-0.4, -0.2) is 49.5 Å². The van der Waals surface area contributed by atoms with Gasteiger partial charge in [0.1, 0.15) is 5.01 Å². The molecule has 8 nitrogen and oxygen atoms in total. The van der Waals surface area contributed by atoms with Gasteiger partial charge in [0.05, 0.1) is 31.3 Å². The van der Waals surface area contributed by atoms with E-state index in [1.54, 1.807) is 31.5 Å². The van der Waals surface area contributed by atoms with E-state index < -0.39 is 29.6 Å². The zero-order valence-corrected chi connectivity index (χ0v) is 20.0. The monoisotopic (exact) mass is 520 g/mol. The molecule has 1 saturated heterocycles. The van der Waals surface area contributed by atoms with Gasteiger partial charge in [-0.3, -0.25) is 9.48 Å². The summed E-state index contributed by atoms with van der Waals surface area (Å²) < 4.78 is 59.3. The van der Waals surface area contributed by atoms with Gasteiger partial charge in [0, 0.05) is 51.7 Å². The highest BCUT2D eigenvalue weighted by atomic mass is 32.1. The van der Waals surface area contributed by atoms with Gasteiger partial charge < -0.3 is 10.1 Å². The van der Waals surface area contributed by atoms with E-state index in [0.717, 1.165) is 17.3 Å². The van der Waals surface area contributed by atoms with E-state index in [1.807, 2.05) is 6.92 Å². The third-order valence-electron chi connectivity index (χ3n) is 5.73. The van der Waals surface area contributed by atoms with Crippen LogP contribution in [0.4, 0.5) is 17.6 Å². The van der Waals surface area contributed by atoms with Gasteiger partial charge in [0.2, 0.25) is 5.82 Å². The number of aryl methyl sites for hydroxylation is 1. The van der Waals surface area contributed by atoms with Crippen molar-refractivity contribution in [1.82, 2.24) is 30.0 Å². The predicted octanol–water partition coefficient (Wildman–Crippen LogP) is 4.51. The molecule has 1 aliphatic rings. The Morgan fingerprint density at radius 3 is 2.53 bits per heavy atom. The summed E-state index contributed by atoms with van der Waals surface area (Å²) in [4.78, 5) is 25.2. The fourth-order valence-electron chi connectivity index (χ4n) is 3.82. The first kappa shape index (κ1) is 24.3. The molecule has 0 radical (unpaired) electrons. The Hall–Kier alpha value is -3.45. The molecule has 4 heterocycles. The quantitative estimate of drug-likeness (QED) is 0.376. The van der Waals surface area contributed by atoms with Crippen molar-refractivity contribution in [3.63, 3.8) is 0 Å². The average Bonchev–Trinajstić information content (AvgIpc) is 3.42. The van der Waals surface area contributed by atoms with Gasteiger partial charge in [-0.05, 0) is 26.0 Å². The zero-order chi connectivity index (χ0) is 25.7. The summed E-state index contributed by atoms with van der Waals surface area (Å²) in [5, 5.41) is 8.63. The van der Waals surface area contributed by atoms with Crippen LogP contribution in [0.25, 0.3) is 21.5 Å². The van der Waals surface area contributed by atoms with Crippen molar-refractivity contribution < 1.29 is 27.1 Å². The van der Waals surface area contributed by atoms with Gasteiger partial charge in [0.15, 0.2) is 5.67 Å². The number of nitrogens with zero attached hydrogens (tertiary/aromatic N) is 5.